The van der Waals surface area contributed by atoms with Gasteiger partial charge >= 0.3 is 0 Å². The molecule has 0 aliphatic carbocycles. The molecule has 1 atom stereocenters. The molecule has 0 nitrogen and oxygen atoms in total. The second-order valence-electron chi connectivity index (χ2n) is 4.19. The van der Waals surface area contributed by atoms with E-state index in [-0.39, 0.29) is 0 Å². The third-order valence-corrected chi connectivity index (χ3v) is 3.13. The zero-order valence-electron chi connectivity index (χ0n) is 9.57. The van der Waals surface area contributed by atoms with E-state index in [0.717, 1.165) is 5.02 Å². The van der Waals surface area contributed by atoms with Gasteiger partial charge in [0.2, 0.25) is 0 Å². The summed E-state index contributed by atoms with van der Waals surface area (Å²) in [5.41, 5.74) is 3.90. The Morgan fingerprint density at radius 1 is 0.938 bits per heavy atom. The molecule has 2 aromatic rings. The highest BCUT2D eigenvalue weighted by Gasteiger charge is 2.08. The smallest absolute Gasteiger partial charge is 0.0408 e. The summed E-state index contributed by atoms with van der Waals surface area (Å²) < 4.78 is 0. The van der Waals surface area contributed by atoms with Crippen molar-refractivity contribution in [3.63, 3.8) is 0 Å². The number of benzene rings is 2. The fourth-order valence-electron chi connectivity index (χ4n) is 1.91. The average Bonchev–Trinajstić information content (AvgIpc) is 2.28. The molecule has 2 rings (SSSR count). The van der Waals surface area contributed by atoms with Crippen molar-refractivity contribution in [2.75, 3.05) is 0 Å². The fraction of sp³-hybridized carbons (Fsp3) is 0.200. The Morgan fingerprint density at radius 3 is 2.19 bits per heavy atom. The van der Waals surface area contributed by atoms with Crippen LogP contribution in [-0.2, 0) is 0 Å². The van der Waals surface area contributed by atoms with Crippen molar-refractivity contribution >= 4 is 11.6 Å². The van der Waals surface area contributed by atoms with Crippen molar-refractivity contribution in [1.82, 2.24) is 0 Å². The van der Waals surface area contributed by atoms with E-state index >= 15 is 0 Å². The normalized spacial score (nSPS) is 12.4. The van der Waals surface area contributed by atoms with Crippen LogP contribution in [0.1, 0.15) is 29.5 Å². The van der Waals surface area contributed by atoms with Crippen LogP contribution in [0, 0.1) is 6.92 Å². The Bertz CT molecular complexity index is 443. The van der Waals surface area contributed by atoms with E-state index in [1.165, 1.54) is 16.7 Å². The highest BCUT2D eigenvalue weighted by atomic mass is 35.5. The molecule has 0 spiro atoms. The predicted octanol–water partition coefficient (Wildman–Crippen LogP) is 4.80. The van der Waals surface area contributed by atoms with Gasteiger partial charge in [0.05, 0.1) is 0 Å². The summed E-state index contributed by atoms with van der Waals surface area (Å²) in [6, 6.07) is 16.7. The molecule has 0 aliphatic heterocycles. The van der Waals surface area contributed by atoms with Gasteiger partial charge in [-0.2, -0.15) is 0 Å². The van der Waals surface area contributed by atoms with Gasteiger partial charge in [0, 0.05) is 10.9 Å². The standard InChI is InChI=1S/C15H15Cl/c1-11-5-3-6-13(9-11)12(2)14-7-4-8-15(16)10-14/h3-10,12H,1-2H3. The molecule has 1 heteroatoms. The van der Waals surface area contributed by atoms with E-state index in [2.05, 4.69) is 44.2 Å². The molecule has 0 bridgehead atoms. The molecule has 1 unspecified atom stereocenters. The Labute approximate surface area is 102 Å². The number of halogens is 1. The molecule has 0 N–H and O–H groups in total. The number of hydrogen-bond acceptors (Lipinski definition) is 0. The lowest BCUT2D eigenvalue weighted by molar-refractivity contribution is 0.920. The van der Waals surface area contributed by atoms with Gasteiger partial charge in [-0.25, -0.2) is 0 Å². The first-order valence-electron chi connectivity index (χ1n) is 5.49. The van der Waals surface area contributed by atoms with Gasteiger partial charge in [-0.05, 0) is 30.2 Å². The average molecular weight is 231 g/mol. The second kappa shape index (κ2) is 4.71. The molecule has 0 aromatic heterocycles. The summed E-state index contributed by atoms with van der Waals surface area (Å²) in [6.45, 7) is 4.33. The van der Waals surface area contributed by atoms with Crippen LogP contribution in [-0.4, -0.2) is 0 Å². The maximum atomic E-state index is 6.01. The summed E-state index contributed by atoms with van der Waals surface area (Å²) in [4.78, 5) is 0. The van der Waals surface area contributed by atoms with E-state index in [9.17, 15) is 0 Å². The van der Waals surface area contributed by atoms with Gasteiger partial charge in [0.25, 0.3) is 0 Å². The Morgan fingerprint density at radius 2 is 1.56 bits per heavy atom. The molecule has 0 radical (unpaired) electrons. The van der Waals surface area contributed by atoms with Gasteiger partial charge in [-0.15, -0.1) is 0 Å². The minimum absolute atomic E-state index is 0.388. The third-order valence-electron chi connectivity index (χ3n) is 2.89. The number of rotatable bonds is 2. The van der Waals surface area contributed by atoms with Crippen LogP contribution < -0.4 is 0 Å². The van der Waals surface area contributed by atoms with Crippen LogP contribution in [0.5, 0.6) is 0 Å². The Kier molecular flexibility index (Phi) is 3.31. The van der Waals surface area contributed by atoms with E-state index < -0.39 is 0 Å². The Balaban J connectivity index is 2.35. The topological polar surface area (TPSA) is 0 Å². The summed E-state index contributed by atoms with van der Waals surface area (Å²) in [7, 11) is 0. The van der Waals surface area contributed by atoms with Gasteiger partial charge in [0.1, 0.15) is 0 Å². The molecular weight excluding hydrogens is 216 g/mol. The summed E-state index contributed by atoms with van der Waals surface area (Å²) in [5.74, 6) is 0.388. The lowest BCUT2D eigenvalue weighted by Crippen LogP contribution is -1.96. The maximum absolute atomic E-state index is 6.01. The van der Waals surface area contributed by atoms with Crippen molar-refractivity contribution in [2.24, 2.45) is 0 Å². The summed E-state index contributed by atoms with van der Waals surface area (Å²) in [5, 5.41) is 0.803. The van der Waals surface area contributed by atoms with Crippen LogP contribution in [0.3, 0.4) is 0 Å². The molecule has 0 aliphatic rings. The first kappa shape index (κ1) is 11.2. The molecule has 2 aromatic carbocycles. The van der Waals surface area contributed by atoms with Gasteiger partial charge in [0.15, 0.2) is 0 Å². The van der Waals surface area contributed by atoms with Gasteiger partial charge in [-0.3, -0.25) is 0 Å². The zero-order valence-corrected chi connectivity index (χ0v) is 10.3. The highest BCUT2D eigenvalue weighted by Crippen LogP contribution is 2.26. The third kappa shape index (κ3) is 2.45. The van der Waals surface area contributed by atoms with Crippen molar-refractivity contribution in [1.29, 1.82) is 0 Å². The zero-order chi connectivity index (χ0) is 11.5. The molecule has 0 saturated carbocycles. The fourth-order valence-corrected chi connectivity index (χ4v) is 2.11. The molecule has 0 saturated heterocycles. The van der Waals surface area contributed by atoms with E-state index in [1.54, 1.807) is 0 Å². The monoisotopic (exact) mass is 230 g/mol. The predicted molar refractivity (Wildman–Crippen MR) is 70.1 cm³/mol. The highest BCUT2D eigenvalue weighted by molar-refractivity contribution is 6.30. The SMILES string of the molecule is Cc1cccc(C(C)c2cccc(Cl)c2)c1. The molecule has 0 heterocycles. The van der Waals surface area contributed by atoms with E-state index in [1.807, 2.05) is 18.2 Å². The minimum atomic E-state index is 0.388. The van der Waals surface area contributed by atoms with Crippen LogP contribution in [0.2, 0.25) is 5.02 Å². The van der Waals surface area contributed by atoms with Crippen molar-refractivity contribution in [2.45, 2.75) is 19.8 Å². The lowest BCUT2D eigenvalue weighted by atomic mass is 9.92. The summed E-state index contributed by atoms with van der Waals surface area (Å²) in [6.07, 6.45) is 0. The van der Waals surface area contributed by atoms with Gasteiger partial charge in [-0.1, -0.05) is 60.5 Å². The maximum Gasteiger partial charge on any atom is 0.0408 e. The van der Waals surface area contributed by atoms with Crippen molar-refractivity contribution in [3.8, 4) is 0 Å². The number of hydrogen-bond donors (Lipinski definition) is 0. The second-order valence-corrected chi connectivity index (χ2v) is 4.63. The van der Waals surface area contributed by atoms with Crippen LogP contribution >= 0.6 is 11.6 Å². The first-order chi connectivity index (χ1) is 7.66. The molecule has 16 heavy (non-hydrogen) atoms. The van der Waals surface area contributed by atoms with Gasteiger partial charge < -0.3 is 0 Å². The van der Waals surface area contributed by atoms with Crippen LogP contribution in [0.4, 0.5) is 0 Å². The number of aryl methyl sites for hydroxylation is 1. The summed E-state index contributed by atoms with van der Waals surface area (Å²) >= 11 is 6.01. The van der Waals surface area contributed by atoms with E-state index in [4.69, 9.17) is 11.6 Å². The van der Waals surface area contributed by atoms with Crippen LogP contribution in [0.15, 0.2) is 48.5 Å². The minimum Gasteiger partial charge on any atom is -0.0843 e. The Hall–Kier alpha value is -1.27. The molecule has 0 amide bonds. The molecule has 0 fully saturated rings. The van der Waals surface area contributed by atoms with E-state index in [0.29, 0.717) is 5.92 Å². The van der Waals surface area contributed by atoms with Crippen LogP contribution in [0.25, 0.3) is 0 Å². The van der Waals surface area contributed by atoms with Crippen molar-refractivity contribution < 1.29 is 0 Å². The lowest BCUT2D eigenvalue weighted by Gasteiger charge is -2.13. The quantitative estimate of drug-likeness (QED) is 0.695. The molecule has 82 valence electrons. The first-order valence-corrected chi connectivity index (χ1v) is 5.86. The van der Waals surface area contributed by atoms with Crippen molar-refractivity contribution in [3.05, 3.63) is 70.2 Å². The molecular formula is C15H15Cl. The largest absolute Gasteiger partial charge is 0.0843 e.